The molecular weight excluding hydrogens is 590 g/mol. The molecule has 1 aliphatic carbocycles. The molecule has 1 aliphatic heterocycles. The van der Waals surface area contributed by atoms with Crippen LogP contribution in [0.25, 0.3) is 0 Å². The number of rotatable bonds is 10. The van der Waals surface area contributed by atoms with Crippen molar-refractivity contribution in [2.24, 2.45) is 17.6 Å². The molecule has 0 saturated carbocycles. The lowest BCUT2D eigenvalue weighted by Gasteiger charge is -2.30. The van der Waals surface area contributed by atoms with Crippen LogP contribution >= 0.6 is 0 Å². The van der Waals surface area contributed by atoms with Crippen molar-refractivity contribution in [1.82, 2.24) is 10.6 Å². The maximum atomic E-state index is 13.8. The van der Waals surface area contributed by atoms with E-state index in [9.17, 15) is 24.3 Å². The van der Waals surface area contributed by atoms with Gasteiger partial charge in [0.15, 0.2) is 6.10 Å². The van der Waals surface area contributed by atoms with Gasteiger partial charge < -0.3 is 35.7 Å². The summed E-state index contributed by atoms with van der Waals surface area (Å²) in [7, 11) is 2.95. The van der Waals surface area contributed by atoms with E-state index in [-0.39, 0.29) is 35.1 Å². The lowest BCUT2D eigenvalue weighted by Crippen LogP contribution is -2.38. The van der Waals surface area contributed by atoms with Crippen LogP contribution in [0.15, 0.2) is 58.5 Å². The van der Waals surface area contributed by atoms with Crippen molar-refractivity contribution in [2.45, 2.75) is 104 Å². The quantitative estimate of drug-likeness (QED) is 0.154. The molecule has 46 heavy (non-hydrogen) atoms. The third-order valence-electron chi connectivity index (χ3n) is 8.38. The maximum absolute atomic E-state index is 13.8. The first-order chi connectivity index (χ1) is 21.8. The van der Waals surface area contributed by atoms with Gasteiger partial charge in [0.2, 0.25) is 11.6 Å². The molecule has 0 radical (unpaired) electrons. The summed E-state index contributed by atoms with van der Waals surface area (Å²) in [5, 5.41) is 17.1. The van der Waals surface area contributed by atoms with Crippen LogP contribution in [0.1, 0.15) is 79.6 Å². The number of aliphatic hydroxyl groups excluding tert-OH is 1. The van der Waals surface area contributed by atoms with Crippen LogP contribution in [0.3, 0.4) is 0 Å². The van der Waals surface area contributed by atoms with E-state index in [1.54, 1.807) is 32.1 Å². The fourth-order valence-electron chi connectivity index (χ4n) is 5.72. The fourth-order valence-corrected chi connectivity index (χ4v) is 5.72. The van der Waals surface area contributed by atoms with Gasteiger partial charge in [-0.1, -0.05) is 70.8 Å². The summed E-state index contributed by atoms with van der Waals surface area (Å²) in [4.78, 5) is 52.0. The Balaban J connectivity index is 2.54. The summed E-state index contributed by atoms with van der Waals surface area (Å²) >= 11 is 0. The summed E-state index contributed by atoms with van der Waals surface area (Å²) in [6.45, 7) is 9.76. The first-order valence-corrected chi connectivity index (χ1v) is 16.2. The Bertz CT molecular complexity index is 1250. The first kappa shape index (κ1) is 38.6. The Labute approximate surface area is 273 Å². The van der Waals surface area contributed by atoms with Crippen molar-refractivity contribution in [3.05, 3.63) is 58.5 Å². The standard InChI is InChI=1S/C35H53N3O8/c1-8-9-10-11-12-16-37-30-25-17-21(2)18-29(45-7)31(40)23(4)19-24(5)33(46-35(36)43)28(44-6)15-13-14-22(3)34(42)38-26(32(25)41)20-27(30)39/h13-15,19-21,23,28-29,31,33,37,40H,8-12,16-18H2,1-7H3,(H2,36,43)(H,38,42)/b15-13-,22-14+,24-19+/t21-,23+,28+,29+,31-,33+/m1/s1. The topological polar surface area (TPSA) is 166 Å². The Morgan fingerprint density at radius 1 is 1.09 bits per heavy atom. The zero-order valence-electron chi connectivity index (χ0n) is 28.4. The van der Waals surface area contributed by atoms with Gasteiger partial charge in [-0.05, 0) is 44.6 Å². The van der Waals surface area contributed by atoms with Crippen molar-refractivity contribution in [3.63, 3.8) is 0 Å². The molecule has 2 aliphatic rings. The van der Waals surface area contributed by atoms with Gasteiger partial charge in [-0.2, -0.15) is 0 Å². The minimum absolute atomic E-state index is 0.0956. The average molecular weight is 644 g/mol. The van der Waals surface area contributed by atoms with Crippen LogP contribution in [-0.4, -0.2) is 73.9 Å². The molecule has 0 aromatic carbocycles. The van der Waals surface area contributed by atoms with Gasteiger partial charge >= 0.3 is 6.09 Å². The van der Waals surface area contributed by atoms with Crippen molar-refractivity contribution in [3.8, 4) is 0 Å². The molecule has 0 fully saturated rings. The second-order valence-electron chi connectivity index (χ2n) is 12.3. The largest absolute Gasteiger partial charge is 0.439 e. The van der Waals surface area contributed by atoms with Crippen LogP contribution in [0, 0.1) is 11.8 Å². The number of carbonyl (C=O) groups excluding carboxylic acids is 4. The summed E-state index contributed by atoms with van der Waals surface area (Å²) in [6, 6.07) is 0. The first-order valence-electron chi connectivity index (χ1n) is 16.2. The smallest absolute Gasteiger partial charge is 0.405 e. The lowest BCUT2D eigenvalue weighted by molar-refractivity contribution is -0.120. The van der Waals surface area contributed by atoms with Gasteiger partial charge in [-0.15, -0.1) is 0 Å². The SMILES string of the molecule is CCCCCCCNC1=C2C[C@@H](C)C[C@H](OC)[C@H](O)[C@@H](C)/C=C(\C)[C@H](OC(N)=O)[C@@H](OC)/C=C\C=C(/C)C(=O)NC(=CC1=O)C2=O. The number of amides is 2. The Morgan fingerprint density at radius 3 is 2.41 bits per heavy atom. The van der Waals surface area contributed by atoms with Gasteiger partial charge in [0.1, 0.15) is 6.10 Å². The number of fused-ring (bicyclic) bond motifs is 2. The van der Waals surface area contributed by atoms with Crippen molar-refractivity contribution in [1.29, 1.82) is 0 Å². The van der Waals surface area contributed by atoms with Crippen molar-refractivity contribution >= 4 is 23.6 Å². The molecule has 11 nitrogen and oxygen atoms in total. The predicted octanol–water partition coefficient (Wildman–Crippen LogP) is 4.32. The third-order valence-corrected chi connectivity index (χ3v) is 8.38. The molecule has 2 rings (SSSR count). The van der Waals surface area contributed by atoms with Gasteiger partial charge in [0.05, 0.1) is 23.6 Å². The molecule has 6 atom stereocenters. The van der Waals surface area contributed by atoms with Gasteiger partial charge in [0.25, 0.3) is 5.91 Å². The lowest BCUT2D eigenvalue weighted by atomic mass is 9.85. The van der Waals surface area contributed by atoms with E-state index in [1.165, 1.54) is 26.4 Å². The summed E-state index contributed by atoms with van der Waals surface area (Å²) in [5.74, 6) is -1.97. The number of methoxy groups -OCH3 is 2. The van der Waals surface area contributed by atoms with Crippen molar-refractivity contribution < 1.29 is 38.5 Å². The van der Waals surface area contributed by atoms with E-state index in [4.69, 9.17) is 19.9 Å². The molecule has 1 heterocycles. The summed E-state index contributed by atoms with van der Waals surface area (Å²) in [5.41, 5.74) is 6.68. The molecule has 0 unspecified atom stereocenters. The normalized spacial score (nSPS) is 30.0. The van der Waals surface area contributed by atoms with E-state index in [0.29, 0.717) is 24.1 Å². The Hall–Kier alpha value is -3.54. The number of nitrogens with two attached hydrogens (primary N) is 1. The molecule has 5 N–H and O–H groups in total. The minimum Gasteiger partial charge on any atom is -0.439 e. The van der Waals surface area contributed by atoms with Gasteiger partial charge in [0, 0.05) is 43.9 Å². The monoisotopic (exact) mass is 643 g/mol. The molecule has 0 aromatic heterocycles. The fraction of sp³-hybridized carbons (Fsp3) is 0.600. The zero-order valence-corrected chi connectivity index (χ0v) is 28.4. The summed E-state index contributed by atoms with van der Waals surface area (Å²) in [6.07, 6.45) is 9.26. The van der Waals surface area contributed by atoms with Crippen LogP contribution in [0.5, 0.6) is 0 Å². The highest BCUT2D eigenvalue weighted by Crippen LogP contribution is 2.29. The number of aliphatic hydroxyl groups is 1. The second-order valence-corrected chi connectivity index (χ2v) is 12.3. The number of hydrogen-bond acceptors (Lipinski definition) is 9. The Morgan fingerprint density at radius 2 is 1.78 bits per heavy atom. The van der Waals surface area contributed by atoms with Crippen molar-refractivity contribution in [2.75, 3.05) is 20.8 Å². The van der Waals surface area contributed by atoms with Crippen LogP contribution < -0.4 is 16.4 Å². The van der Waals surface area contributed by atoms with E-state index in [0.717, 1.165) is 32.1 Å². The van der Waals surface area contributed by atoms with E-state index < -0.39 is 48.1 Å². The molecule has 2 amide bonds. The molecule has 2 bridgehead atoms. The molecule has 0 aromatic rings. The predicted molar refractivity (Wildman–Crippen MR) is 176 cm³/mol. The zero-order chi connectivity index (χ0) is 34.4. The van der Waals surface area contributed by atoms with E-state index in [2.05, 4.69) is 17.6 Å². The molecule has 256 valence electrons. The highest BCUT2D eigenvalue weighted by atomic mass is 16.6. The van der Waals surface area contributed by atoms with Crippen LogP contribution in [-0.2, 0) is 28.6 Å². The van der Waals surface area contributed by atoms with Gasteiger partial charge in [-0.3, -0.25) is 14.4 Å². The highest BCUT2D eigenvalue weighted by molar-refractivity contribution is 6.23. The molecular formula is C35H53N3O8. The third kappa shape index (κ3) is 11.4. The van der Waals surface area contributed by atoms with Gasteiger partial charge in [-0.25, -0.2) is 4.79 Å². The molecule has 11 heteroatoms. The van der Waals surface area contributed by atoms with E-state index in [1.807, 2.05) is 13.8 Å². The molecule has 0 saturated heterocycles. The number of hydrogen-bond donors (Lipinski definition) is 4. The van der Waals surface area contributed by atoms with Crippen LogP contribution in [0.2, 0.25) is 0 Å². The highest BCUT2D eigenvalue weighted by Gasteiger charge is 2.33. The number of unbranched alkanes of at least 4 members (excludes halogenated alkanes) is 4. The summed E-state index contributed by atoms with van der Waals surface area (Å²) < 4.78 is 16.7. The van der Waals surface area contributed by atoms with Crippen LogP contribution in [0.4, 0.5) is 4.79 Å². The second kappa shape index (κ2) is 19.2. The van der Waals surface area contributed by atoms with E-state index >= 15 is 0 Å². The number of ether oxygens (including phenoxy) is 3. The number of ketones is 2. The average Bonchev–Trinajstić information content (AvgIpc) is 3.01. The number of nitrogens with one attached hydrogen (secondary N) is 2. The number of primary amides is 1. The number of Topliss-reactive ketones (excluding diaryl/α,β-unsaturated/α-hetero) is 1. The minimum atomic E-state index is -0.993. The number of allylic oxidation sites excluding steroid dienone is 4. The molecule has 0 spiro atoms. The Kier molecular flexibility index (Phi) is 16.1. The maximum Gasteiger partial charge on any atom is 0.405 e. The number of carbonyl (C=O) groups is 4.